The third kappa shape index (κ3) is 3.41. The topological polar surface area (TPSA) is 66.4 Å². The van der Waals surface area contributed by atoms with Gasteiger partial charge < -0.3 is 5.11 Å². The Hall–Kier alpha value is -1.05. The molecule has 1 aliphatic carbocycles. The van der Waals surface area contributed by atoms with Gasteiger partial charge in [-0.2, -0.15) is 0 Å². The molecule has 0 heterocycles. The van der Waals surface area contributed by atoms with Crippen LogP contribution in [0, 0.1) is 17.6 Å². The van der Waals surface area contributed by atoms with Crippen LogP contribution in [0.2, 0.25) is 0 Å². The minimum Gasteiger partial charge on any atom is -0.394 e. The van der Waals surface area contributed by atoms with Crippen LogP contribution in [-0.2, 0) is 10.0 Å². The van der Waals surface area contributed by atoms with E-state index in [9.17, 15) is 22.3 Å². The summed E-state index contributed by atoms with van der Waals surface area (Å²) < 4.78 is 54.2. The average Bonchev–Trinajstić information content (AvgIpc) is 2.41. The summed E-state index contributed by atoms with van der Waals surface area (Å²) in [6.45, 7) is 1.65. The minimum atomic E-state index is -4.37. The lowest BCUT2D eigenvalue weighted by Gasteiger charge is -2.38. The quantitative estimate of drug-likeness (QED) is 0.894. The predicted molar refractivity (Wildman–Crippen MR) is 74.1 cm³/mol. The second kappa shape index (κ2) is 5.98. The molecule has 0 saturated heterocycles. The second-order valence-corrected chi connectivity index (χ2v) is 7.40. The van der Waals surface area contributed by atoms with Crippen LogP contribution < -0.4 is 4.72 Å². The van der Waals surface area contributed by atoms with Gasteiger partial charge in [0.05, 0.1) is 12.1 Å². The van der Waals surface area contributed by atoms with E-state index in [1.807, 2.05) is 6.92 Å². The highest BCUT2D eigenvalue weighted by Gasteiger charge is 2.39. The maximum atomic E-state index is 13.7. The van der Waals surface area contributed by atoms with Gasteiger partial charge in [0.1, 0.15) is 11.6 Å². The van der Waals surface area contributed by atoms with Crippen LogP contribution in [0.15, 0.2) is 23.1 Å². The number of hydrogen-bond acceptors (Lipinski definition) is 3. The summed E-state index contributed by atoms with van der Waals surface area (Å²) in [5.74, 6) is -1.83. The van der Waals surface area contributed by atoms with E-state index in [1.54, 1.807) is 0 Å². The lowest BCUT2D eigenvalue weighted by atomic mass is 9.78. The highest BCUT2D eigenvalue weighted by Crippen LogP contribution is 2.33. The Balaban J connectivity index is 2.32. The molecule has 0 aliphatic heterocycles. The van der Waals surface area contributed by atoms with Crippen LogP contribution in [0.4, 0.5) is 8.78 Å². The Morgan fingerprint density at radius 2 is 1.81 bits per heavy atom. The first-order valence-corrected chi connectivity index (χ1v) is 8.37. The number of aliphatic hydroxyl groups is 1. The molecule has 1 saturated carbocycles. The lowest BCUT2D eigenvalue weighted by molar-refractivity contribution is 0.125. The Kier molecular flexibility index (Phi) is 4.65. The van der Waals surface area contributed by atoms with E-state index in [2.05, 4.69) is 4.72 Å². The third-order valence-corrected chi connectivity index (χ3v) is 5.70. The summed E-state index contributed by atoms with van der Waals surface area (Å²) in [6, 6.07) is 2.90. The molecular formula is C14H19F2NO3S. The van der Waals surface area contributed by atoms with E-state index in [-0.39, 0.29) is 0 Å². The van der Waals surface area contributed by atoms with Crippen molar-refractivity contribution < 1.29 is 22.3 Å². The molecule has 0 spiro atoms. The number of hydrogen-bond donors (Lipinski definition) is 2. The maximum absolute atomic E-state index is 13.7. The summed E-state index contributed by atoms with van der Waals surface area (Å²) in [4.78, 5) is -0.989. The molecule has 4 nitrogen and oxygen atoms in total. The number of rotatable bonds is 4. The predicted octanol–water partition coefficient (Wildman–Crippen LogP) is 2.18. The summed E-state index contributed by atoms with van der Waals surface area (Å²) in [7, 11) is -4.37. The van der Waals surface area contributed by atoms with Crippen molar-refractivity contribution in [2.24, 2.45) is 5.92 Å². The van der Waals surface area contributed by atoms with Crippen molar-refractivity contribution in [3.8, 4) is 0 Å². The molecule has 7 heteroatoms. The molecule has 0 unspecified atom stereocenters. The first kappa shape index (κ1) is 16.3. The molecule has 1 fully saturated rings. The van der Waals surface area contributed by atoms with Crippen LogP contribution >= 0.6 is 0 Å². The van der Waals surface area contributed by atoms with Crippen molar-refractivity contribution in [2.45, 2.75) is 43.0 Å². The molecule has 2 rings (SSSR count). The van der Waals surface area contributed by atoms with Crippen molar-refractivity contribution in [3.05, 3.63) is 29.8 Å². The molecule has 21 heavy (non-hydrogen) atoms. The highest BCUT2D eigenvalue weighted by molar-refractivity contribution is 7.89. The first-order chi connectivity index (χ1) is 9.80. The summed E-state index contributed by atoms with van der Waals surface area (Å²) in [6.07, 6.45) is 2.39. The molecule has 1 aromatic carbocycles. The van der Waals surface area contributed by atoms with E-state index in [1.165, 1.54) is 0 Å². The molecule has 0 radical (unpaired) electrons. The standard InChI is InChI=1S/C14H19F2NO3S/c1-10-5-7-14(9-18,8-6-10)17-21(19,20)13-11(15)3-2-4-12(13)16/h2-4,10,17-18H,5-9H2,1H3. The van der Waals surface area contributed by atoms with Crippen molar-refractivity contribution in [1.29, 1.82) is 0 Å². The first-order valence-electron chi connectivity index (χ1n) is 6.88. The van der Waals surface area contributed by atoms with E-state index in [4.69, 9.17) is 0 Å². The van der Waals surface area contributed by atoms with Crippen LogP contribution in [0.1, 0.15) is 32.6 Å². The molecule has 0 aromatic heterocycles. The molecule has 0 bridgehead atoms. The van der Waals surface area contributed by atoms with E-state index in [0.29, 0.717) is 18.8 Å². The molecule has 0 amide bonds. The summed E-state index contributed by atoms with van der Waals surface area (Å²) in [5, 5.41) is 9.56. The Bertz CT molecular complexity index is 590. The van der Waals surface area contributed by atoms with Crippen LogP contribution in [-0.4, -0.2) is 25.7 Å². The molecule has 2 N–H and O–H groups in total. The van der Waals surface area contributed by atoms with Gasteiger partial charge in [0.2, 0.25) is 10.0 Å². The average molecular weight is 319 g/mol. The lowest BCUT2D eigenvalue weighted by Crippen LogP contribution is -2.53. The highest BCUT2D eigenvalue weighted by atomic mass is 32.2. The number of nitrogens with one attached hydrogen (secondary N) is 1. The van der Waals surface area contributed by atoms with Crippen molar-refractivity contribution in [2.75, 3.05) is 6.61 Å². The third-order valence-electron chi connectivity index (χ3n) is 4.07. The van der Waals surface area contributed by atoms with Gasteiger partial charge in [-0.3, -0.25) is 0 Å². The zero-order chi connectivity index (χ0) is 15.7. The minimum absolute atomic E-state index is 0.394. The second-order valence-electron chi connectivity index (χ2n) is 5.78. The number of benzene rings is 1. The van der Waals surface area contributed by atoms with Gasteiger partial charge in [-0.05, 0) is 43.7 Å². The fourth-order valence-electron chi connectivity index (χ4n) is 2.68. The van der Waals surface area contributed by atoms with Gasteiger partial charge in [0.15, 0.2) is 4.90 Å². The zero-order valence-corrected chi connectivity index (χ0v) is 12.6. The number of aliphatic hydroxyl groups excluding tert-OH is 1. The Morgan fingerprint density at radius 3 is 2.29 bits per heavy atom. The fourth-order valence-corrected chi connectivity index (χ4v) is 4.27. The Morgan fingerprint density at radius 1 is 1.29 bits per heavy atom. The monoisotopic (exact) mass is 319 g/mol. The largest absolute Gasteiger partial charge is 0.394 e. The molecule has 118 valence electrons. The Labute approximate surface area is 123 Å². The van der Waals surface area contributed by atoms with Gasteiger partial charge in [0.25, 0.3) is 0 Å². The summed E-state index contributed by atoms with van der Waals surface area (Å²) in [5.41, 5.74) is -1.04. The van der Waals surface area contributed by atoms with Crippen molar-refractivity contribution >= 4 is 10.0 Å². The van der Waals surface area contributed by atoms with E-state index in [0.717, 1.165) is 31.0 Å². The number of sulfonamides is 1. The molecule has 0 atom stereocenters. The normalized spacial score (nSPS) is 26.8. The van der Waals surface area contributed by atoms with Gasteiger partial charge >= 0.3 is 0 Å². The molecular weight excluding hydrogens is 300 g/mol. The van der Waals surface area contributed by atoms with Crippen molar-refractivity contribution in [3.63, 3.8) is 0 Å². The van der Waals surface area contributed by atoms with Crippen LogP contribution in [0.25, 0.3) is 0 Å². The fraction of sp³-hybridized carbons (Fsp3) is 0.571. The summed E-state index contributed by atoms with van der Waals surface area (Å²) >= 11 is 0. The van der Waals surface area contributed by atoms with Crippen LogP contribution in [0.5, 0.6) is 0 Å². The SMILES string of the molecule is CC1CCC(CO)(NS(=O)(=O)c2c(F)cccc2F)CC1. The molecule has 1 aromatic rings. The van der Waals surface area contributed by atoms with E-state index < -0.39 is 38.7 Å². The van der Waals surface area contributed by atoms with Gasteiger partial charge in [0, 0.05) is 0 Å². The van der Waals surface area contributed by atoms with Gasteiger partial charge in [-0.25, -0.2) is 21.9 Å². The van der Waals surface area contributed by atoms with E-state index >= 15 is 0 Å². The van der Waals surface area contributed by atoms with Crippen molar-refractivity contribution in [1.82, 2.24) is 4.72 Å². The zero-order valence-electron chi connectivity index (χ0n) is 11.8. The maximum Gasteiger partial charge on any atom is 0.247 e. The van der Waals surface area contributed by atoms with Gasteiger partial charge in [-0.15, -0.1) is 0 Å². The van der Waals surface area contributed by atoms with Crippen LogP contribution in [0.3, 0.4) is 0 Å². The number of halogens is 2. The van der Waals surface area contributed by atoms with Gasteiger partial charge in [-0.1, -0.05) is 13.0 Å². The molecule has 1 aliphatic rings. The smallest absolute Gasteiger partial charge is 0.247 e.